The predicted molar refractivity (Wildman–Crippen MR) is 109 cm³/mol. The van der Waals surface area contributed by atoms with E-state index in [1.807, 2.05) is 84.9 Å². The van der Waals surface area contributed by atoms with E-state index < -0.39 is 0 Å². The van der Waals surface area contributed by atoms with Crippen LogP contribution in [0.4, 0.5) is 5.69 Å². The highest BCUT2D eigenvalue weighted by Crippen LogP contribution is 2.25. The summed E-state index contributed by atoms with van der Waals surface area (Å²) in [6.07, 6.45) is 1.81. The van der Waals surface area contributed by atoms with Gasteiger partial charge in [0.05, 0.1) is 0 Å². The lowest BCUT2D eigenvalue weighted by Crippen LogP contribution is -2.13. The Morgan fingerprint density at radius 1 is 0.880 bits per heavy atom. The van der Waals surface area contributed by atoms with Crippen molar-refractivity contribution in [2.24, 2.45) is 0 Å². The number of carbonyl (C=O) groups is 1. The molecule has 1 amide bonds. The Hall–Kier alpha value is -2.36. The molecule has 3 rings (SSSR count). The highest BCUT2D eigenvalue weighted by atomic mass is 79.9. The van der Waals surface area contributed by atoms with Crippen LogP contribution in [0.2, 0.25) is 5.02 Å². The SMILES string of the molecule is O=C(Nc1ccc(Br)cc1)/C(=C/c1ccccc1Cl)c1ccccc1. The van der Waals surface area contributed by atoms with Gasteiger partial charge >= 0.3 is 0 Å². The summed E-state index contributed by atoms with van der Waals surface area (Å²) in [7, 11) is 0. The molecule has 0 saturated carbocycles. The fourth-order valence-corrected chi connectivity index (χ4v) is 2.83. The molecule has 0 saturated heterocycles. The Labute approximate surface area is 160 Å². The molecule has 0 aliphatic rings. The van der Waals surface area contributed by atoms with Crippen LogP contribution in [0.15, 0.2) is 83.3 Å². The first-order chi connectivity index (χ1) is 12.1. The molecule has 0 atom stereocenters. The smallest absolute Gasteiger partial charge is 0.256 e. The number of halogens is 2. The van der Waals surface area contributed by atoms with Crippen LogP contribution >= 0.6 is 27.5 Å². The molecule has 3 aromatic rings. The van der Waals surface area contributed by atoms with E-state index in [-0.39, 0.29) is 5.91 Å². The third kappa shape index (κ3) is 4.59. The minimum absolute atomic E-state index is 0.187. The second-order valence-corrected chi connectivity index (χ2v) is 6.73. The van der Waals surface area contributed by atoms with Crippen LogP contribution in [-0.4, -0.2) is 5.91 Å². The Morgan fingerprint density at radius 3 is 2.20 bits per heavy atom. The van der Waals surface area contributed by atoms with E-state index in [0.29, 0.717) is 10.6 Å². The van der Waals surface area contributed by atoms with Crippen molar-refractivity contribution in [1.82, 2.24) is 0 Å². The normalized spacial score (nSPS) is 11.2. The molecule has 0 aromatic heterocycles. The zero-order valence-electron chi connectivity index (χ0n) is 13.2. The molecule has 2 nitrogen and oxygen atoms in total. The zero-order valence-corrected chi connectivity index (χ0v) is 15.6. The fraction of sp³-hybridized carbons (Fsp3) is 0. The third-order valence-corrected chi connectivity index (χ3v) is 4.51. The maximum Gasteiger partial charge on any atom is 0.256 e. The first-order valence-electron chi connectivity index (χ1n) is 7.72. The van der Waals surface area contributed by atoms with Gasteiger partial charge in [0.2, 0.25) is 0 Å². The van der Waals surface area contributed by atoms with Crippen molar-refractivity contribution in [1.29, 1.82) is 0 Å². The number of rotatable bonds is 4. The van der Waals surface area contributed by atoms with E-state index in [0.717, 1.165) is 21.3 Å². The molecule has 0 aliphatic carbocycles. The lowest BCUT2D eigenvalue weighted by molar-refractivity contribution is -0.111. The van der Waals surface area contributed by atoms with E-state index in [1.165, 1.54) is 0 Å². The average Bonchev–Trinajstić information content (AvgIpc) is 2.63. The van der Waals surface area contributed by atoms with Gasteiger partial charge in [0, 0.05) is 20.8 Å². The van der Waals surface area contributed by atoms with Crippen LogP contribution in [0.1, 0.15) is 11.1 Å². The van der Waals surface area contributed by atoms with Crippen LogP contribution in [0.5, 0.6) is 0 Å². The maximum absolute atomic E-state index is 12.9. The van der Waals surface area contributed by atoms with E-state index in [2.05, 4.69) is 21.2 Å². The summed E-state index contributed by atoms with van der Waals surface area (Å²) in [4.78, 5) is 12.9. The summed E-state index contributed by atoms with van der Waals surface area (Å²) < 4.78 is 0.959. The predicted octanol–water partition coefficient (Wildman–Crippen LogP) is 6.28. The van der Waals surface area contributed by atoms with Gasteiger partial charge in [0.1, 0.15) is 0 Å². The molecule has 0 bridgehead atoms. The molecule has 0 aliphatic heterocycles. The number of nitrogens with one attached hydrogen (secondary N) is 1. The molecule has 0 spiro atoms. The molecule has 0 unspecified atom stereocenters. The number of hydrogen-bond donors (Lipinski definition) is 1. The number of anilines is 1. The van der Waals surface area contributed by atoms with E-state index in [4.69, 9.17) is 11.6 Å². The number of benzene rings is 3. The second-order valence-electron chi connectivity index (χ2n) is 5.41. The summed E-state index contributed by atoms with van der Waals surface area (Å²) in [6, 6.07) is 24.5. The molecule has 124 valence electrons. The largest absolute Gasteiger partial charge is 0.322 e. The van der Waals surface area contributed by atoms with Crippen molar-refractivity contribution in [3.63, 3.8) is 0 Å². The minimum Gasteiger partial charge on any atom is -0.322 e. The molecule has 1 N–H and O–H groups in total. The molecule has 0 heterocycles. The summed E-state index contributed by atoms with van der Waals surface area (Å²) in [6.45, 7) is 0. The third-order valence-electron chi connectivity index (χ3n) is 3.64. The number of hydrogen-bond acceptors (Lipinski definition) is 1. The van der Waals surface area contributed by atoms with Crippen LogP contribution in [0.3, 0.4) is 0 Å². The van der Waals surface area contributed by atoms with Gasteiger partial charge in [0.15, 0.2) is 0 Å². The van der Waals surface area contributed by atoms with Crippen molar-refractivity contribution < 1.29 is 4.79 Å². The van der Waals surface area contributed by atoms with Gasteiger partial charge in [-0.3, -0.25) is 4.79 Å². The molecular weight excluding hydrogens is 398 g/mol. The van der Waals surface area contributed by atoms with Crippen molar-refractivity contribution in [2.45, 2.75) is 0 Å². The van der Waals surface area contributed by atoms with Crippen LogP contribution in [0.25, 0.3) is 11.6 Å². The Morgan fingerprint density at radius 2 is 1.52 bits per heavy atom. The first kappa shape index (κ1) is 17.5. The van der Waals surface area contributed by atoms with Crippen molar-refractivity contribution in [3.8, 4) is 0 Å². The molecule has 25 heavy (non-hydrogen) atoms. The maximum atomic E-state index is 12.9. The Kier molecular flexibility index (Phi) is 5.69. The van der Waals surface area contributed by atoms with Gasteiger partial charge in [-0.15, -0.1) is 0 Å². The minimum atomic E-state index is -0.187. The standard InChI is InChI=1S/C21H15BrClNO/c22-17-10-12-18(13-11-17)24-21(25)19(15-6-2-1-3-7-15)14-16-8-4-5-9-20(16)23/h1-14H,(H,24,25)/b19-14+. The zero-order chi connectivity index (χ0) is 17.6. The molecule has 3 aromatic carbocycles. The number of amides is 1. The van der Waals surface area contributed by atoms with Gasteiger partial charge in [-0.2, -0.15) is 0 Å². The Balaban J connectivity index is 1.98. The average molecular weight is 413 g/mol. The van der Waals surface area contributed by atoms with Gasteiger partial charge < -0.3 is 5.32 Å². The van der Waals surface area contributed by atoms with Crippen LogP contribution in [-0.2, 0) is 4.79 Å². The highest BCUT2D eigenvalue weighted by molar-refractivity contribution is 9.10. The quantitative estimate of drug-likeness (QED) is 0.396. The monoisotopic (exact) mass is 411 g/mol. The molecule has 4 heteroatoms. The second kappa shape index (κ2) is 8.15. The van der Waals surface area contributed by atoms with Gasteiger partial charge in [-0.25, -0.2) is 0 Å². The van der Waals surface area contributed by atoms with Gasteiger partial charge in [0.25, 0.3) is 5.91 Å². The highest BCUT2D eigenvalue weighted by Gasteiger charge is 2.13. The van der Waals surface area contributed by atoms with Crippen molar-refractivity contribution >= 4 is 50.8 Å². The van der Waals surface area contributed by atoms with Crippen molar-refractivity contribution in [3.05, 3.63) is 99.5 Å². The molecular formula is C21H15BrClNO. The summed E-state index contributed by atoms with van der Waals surface area (Å²) >= 11 is 9.65. The summed E-state index contributed by atoms with van der Waals surface area (Å²) in [5.41, 5.74) is 2.91. The van der Waals surface area contributed by atoms with E-state index in [9.17, 15) is 4.79 Å². The summed E-state index contributed by atoms with van der Waals surface area (Å²) in [5, 5.41) is 3.54. The lowest BCUT2D eigenvalue weighted by Gasteiger charge is -2.10. The fourth-order valence-electron chi connectivity index (χ4n) is 2.38. The van der Waals surface area contributed by atoms with Gasteiger partial charge in [-0.05, 0) is 47.5 Å². The van der Waals surface area contributed by atoms with Crippen LogP contribution in [0, 0.1) is 0 Å². The number of carbonyl (C=O) groups excluding carboxylic acids is 1. The summed E-state index contributed by atoms with van der Waals surface area (Å²) in [5.74, 6) is -0.187. The Bertz CT molecular complexity index is 905. The van der Waals surface area contributed by atoms with E-state index >= 15 is 0 Å². The van der Waals surface area contributed by atoms with Crippen LogP contribution < -0.4 is 5.32 Å². The topological polar surface area (TPSA) is 29.1 Å². The lowest BCUT2D eigenvalue weighted by atomic mass is 10.0. The first-order valence-corrected chi connectivity index (χ1v) is 8.89. The van der Waals surface area contributed by atoms with E-state index in [1.54, 1.807) is 0 Å². The molecule has 0 radical (unpaired) electrons. The van der Waals surface area contributed by atoms with Crippen molar-refractivity contribution in [2.75, 3.05) is 5.32 Å². The van der Waals surface area contributed by atoms with Gasteiger partial charge in [-0.1, -0.05) is 76.1 Å². The molecule has 0 fully saturated rings.